The summed E-state index contributed by atoms with van der Waals surface area (Å²) in [5.41, 5.74) is 4.25. The third-order valence-corrected chi connectivity index (χ3v) is 5.86. The first-order valence-electron chi connectivity index (χ1n) is 12.3. The molecule has 5 rings (SSSR count). The van der Waals surface area contributed by atoms with E-state index >= 15 is 0 Å². The third kappa shape index (κ3) is 5.94. The molecule has 5 aromatic rings. The predicted molar refractivity (Wildman–Crippen MR) is 148 cm³/mol. The van der Waals surface area contributed by atoms with E-state index in [9.17, 15) is 10.1 Å². The number of nitrogens with one attached hydrogen (secondary N) is 2. The van der Waals surface area contributed by atoms with Gasteiger partial charge in [-0.05, 0) is 54.4 Å². The van der Waals surface area contributed by atoms with Crippen LogP contribution < -0.4 is 15.4 Å². The van der Waals surface area contributed by atoms with Gasteiger partial charge in [-0.2, -0.15) is 15.5 Å². The average molecular weight is 519 g/mol. The maximum atomic E-state index is 12.9. The minimum absolute atomic E-state index is 0.155. The number of hydrogen-bond acceptors (Lipinski definition) is 6. The summed E-state index contributed by atoms with van der Waals surface area (Å²) in [6, 6.07) is 21.3. The number of aryl methyl sites for hydroxylation is 1. The Balaban J connectivity index is 1.27. The molecule has 2 amide bonds. The van der Waals surface area contributed by atoms with E-state index in [1.165, 1.54) is 0 Å². The Morgan fingerprint density at radius 3 is 2.56 bits per heavy atom. The summed E-state index contributed by atoms with van der Waals surface area (Å²) < 4.78 is 9.33. The van der Waals surface area contributed by atoms with Crippen molar-refractivity contribution < 1.29 is 9.53 Å². The summed E-state index contributed by atoms with van der Waals surface area (Å²) in [4.78, 5) is 17.2. The quantitative estimate of drug-likeness (QED) is 0.268. The van der Waals surface area contributed by atoms with Crippen molar-refractivity contribution in [1.82, 2.24) is 24.5 Å². The predicted octanol–water partition coefficient (Wildman–Crippen LogP) is 6.10. The molecule has 10 nitrogen and oxygen atoms in total. The zero-order valence-corrected chi connectivity index (χ0v) is 21.7. The Kier molecular flexibility index (Phi) is 7.05. The number of urea groups is 1. The lowest BCUT2D eigenvalue weighted by molar-refractivity contribution is 0.262. The van der Waals surface area contributed by atoms with E-state index in [0.29, 0.717) is 34.3 Å². The lowest BCUT2D eigenvalue weighted by Gasteiger charge is -2.11. The first-order valence-corrected chi connectivity index (χ1v) is 12.3. The zero-order valence-electron chi connectivity index (χ0n) is 21.7. The second-order valence-electron chi connectivity index (χ2n) is 9.17. The van der Waals surface area contributed by atoms with Crippen LogP contribution in [0.15, 0.2) is 85.3 Å². The van der Waals surface area contributed by atoms with Gasteiger partial charge in [0.15, 0.2) is 0 Å². The monoisotopic (exact) mass is 518 g/mol. The summed E-state index contributed by atoms with van der Waals surface area (Å²) in [5, 5.41) is 23.8. The van der Waals surface area contributed by atoms with Crippen LogP contribution in [0.4, 0.5) is 16.3 Å². The third-order valence-electron chi connectivity index (χ3n) is 5.86. The summed E-state index contributed by atoms with van der Waals surface area (Å²) in [7, 11) is 1.85. The average Bonchev–Trinajstić information content (AvgIpc) is 3.56. The minimum Gasteiger partial charge on any atom is -0.457 e. The fourth-order valence-corrected chi connectivity index (χ4v) is 3.88. The van der Waals surface area contributed by atoms with Gasteiger partial charge >= 0.3 is 6.03 Å². The number of carbonyl (C=O) groups excluding carboxylic acids is 1. The van der Waals surface area contributed by atoms with Crippen LogP contribution in [0, 0.1) is 11.3 Å². The Bertz CT molecular complexity index is 1660. The second-order valence-corrected chi connectivity index (χ2v) is 9.17. The molecule has 10 heteroatoms. The van der Waals surface area contributed by atoms with Crippen molar-refractivity contribution >= 4 is 17.5 Å². The molecule has 0 aliphatic heterocycles. The Morgan fingerprint density at radius 1 is 1.03 bits per heavy atom. The van der Waals surface area contributed by atoms with Gasteiger partial charge in [0.1, 0.15) is 17.3 Å². The highest BCUT2D eigenvalue weighted by Crippen LogP contribution is 2.27. The second kappa shape index (κ2) is 10.9. The number of amides is 2. The van der Waals surface area contributed by atoms with E-state index in [-0.39, 0.29) is 5.92 Å². The summed E-state index contributed by atoms with van der Waals surface area (Å²) in [5.74, 6) is 1.90. The van der Waals surface area contributed by atoms with Gasteiger partial charge in [0, 0.05) is 42.8 Å². The number of ether oxygens (including phenoxy) is 1. The fraction of sp³-hybridized carbons (Fsp3) is 0.138. The molecule has 0 fully saturated rings. The molecule has 2 N–H and O–H groups in total. The lowest BCUT2D eigenvalue weighted by atomic mass is 10.1. The van der Waals surface area contributed by atoms with Crippen LogP contribution >= 0.6 is 0 Å². The summed E-state index contributed by atoms with van der Waals surface area (Å²) in [6.45, 7) is 4.05. The molecule has 0 radical (unpaired) electrons. The zero-order chi connectivity index (χ0) is 27.4. The molecule has 0 spiro atoms. The van der Waals surface area contributed by atoms with E-state index in [2.05, 4.69) is 31.9 Å². The number of rotatable bonds is 7. The Labute approximate surface area is 225 Å². The van der Waals surface area contributed by atoms with Gasteiger partial charge in [0.2, 0.25) is 0 Å². The van der Waals surface area contributed by atoms with Gasteiger partial charge in [-0.25, -0.2) is 9.48 Å². The van der Waals surface area contributed by atoms with Crippen molar-refractivity contribution in [2.45, 2.75) is 19.8 Å². The van der Waals surface area contributed by atoms with Crippen molar-refractivity contribution in [1.29, 1.82) is 5.26 Å². The molecular weight excluding hydrogens is 492 g/mol. The molecular formula is C29H26N8O2. The highest BCUT2D eigenvalue weighted by Gasteiger charge is 2.15. The topological polar surface area (TPSA) is 123 Å². The number of hydrogen-bond donors (Lipinski definition) is 2. The van der Waals surface area contributed by atoms with Crippen LogP contribution in [-0.4, -0.2) is 30.6 Å². The normalized spacial score (nSPS) is 10.7. The molecule has 0 atom stereocenters. The Morgan fingerprint density at radius 2 is 1.85 bits per heavy atom. The standard InChI is InChI=1S/C29H26N8O2/c1-19(2)26-15-28(37(35-26)23-6-4-5-20(13-23)16-30)34-29(38)33-22-7-9-24(10-8-22)39-25-11-12-31-27(14-25)21-17-32-36(3)18-21/h4-15,17-19H,1-3H3,(H2,33,34,38). The smallest absolute Gasteiger partial charge is 0.324 e. The molecule has 0 bridgehead atoms. The van der Waals surface area contributed by atoms with Gasteiger partial charge < -0.3 is 10.1 Å². The number of anilines is 2. The number of nitrogens with zero attached hydrogens (tertiary/aromatic N) is 6. The van der Waals surface area contributed by atoms with Crippen LogP contribution in [0.1, 0.15) is 31.0 Å². The van der Waals surface area contributed by atoms with Crippen LogP contribution in [-0.2, 0) is 7.05 Å². The van der Waals surface area contributed by atoms with Crippen LogP contribution in [0.5, 0.6) is 11.5 Å². The number of nitriles is 1. The number of benzene rings is 2. The molecule has 0 saturated heterocycles. The van der Waals surface area contributed by atoms with E-state index in [4.69, 9.17) is 4.74 Å². The van der Waals surface area contributed by atoms with Crippen molar-refractivity contribution in [2.24, 2.45) is 7.05 Å². The number of carbonyl (C=O) groups is 1. The molecule has 0 saturated carbocycles. The maximum Gasteiger partial charge on any atom is 0.324 e. The van der Waals surface area contributed by atoms with Crippen molar-refractivity contribution in [3.8, 4) is 34.5 Å². The first kappa shape index (κ1) is 25.2. The van der Waals surface area contributed by atoms with Crippen molar-refractivity contribution in [3.05, 3.63) is 96.6 Å². The van der Waals surface area contributed by atoms with Gasteiger partial charge in [0.05, 0.1) is 34.9 Å². The number of pyridine rings is 1. The molecule has 3 aromatic heterocycles. The van der Waals surface area contributed by atoms with Gasteiger partial charge in [0.25, 0.3) is 0 Å². The largest absolute Gasteiger partial charge is 0.457 e. The molecule has 3 heterocycles. The molecule has 0 aliphatic carbocycles. The van der Waals surface area contributed by atoms with E-state index in [1.54, 1.807) is 70.3 Å². The van der Waals surface area contributed by atoms with E-state index < -0.39 is 6.03 Å². The molecule has 39 heavy (non-hydrogen) atoms. The molecule has 0 aliphatic rings. The SMILES string of the molecule is CC(C)c1cc(NC(=O)Nc2ccc(Oc3ccnc(-c4cnn(C)c4)c3)cc2)n(-c2cccc(C#N)c2)n1. The van der Waals surface area contributed by atoms with Gasteiger partial charge in [-0.3, -0.25) is 15.0 Å². The number of aromatic nitrogens is 5. The van der Waals surface area contributed by atoms with Crippen molar-refractivity contribution in [2.75, 3.05) is 10.6 Å². The highest BCUT2D eigenvalue weighted by atomic mass is 16.5. The van der Waals surface area contributed by atoms with Crippen LogP contribution in [0.25, 0.3) is 16.9 Å². The highest BCUT2D eigenvalue weighted by molar-refractivity contribution is 5.99. The summed E-state index contributed by atoms with van der Waals surface area (Å²) >= 11 is 0. The van der Waals surface area contributed by atoms with E-state index in [0.717, 1.165) is 17.0 Å². The van der Waals surface area contributed by atoms with Gasteiger partial charge in [-0.15, -0.1) is 0 Å². The first-order chi connectivity index (χ1) is 18.9. The van der Waals surface area contributed by atoms with Crippen LogP contribution in [0.2, 0.25) is 0 Å². The van der Waals surface area contributed by atoms with Crippen LogP contribution in [0.3, 0.4) is 0 Å². The molecule has 2 aromatic carbocycles. The van der Waals surface area contributed by atoms with Gasteiger partial charge in [-0.1, -0.05) is 19.9 Å². The fourth-order valence-electron chi connectivity index (χ4n) is 3.88. The molecule has 194 valence electrons. The Hall–Kier alpha value is -5.43. The maximum absolute atomic E-state index is 12.9. The summed E-state index contributed by atoms with van der Waals surface area (Å²) in [6.07, 6.45) is 5.32. The molecule has 0 unspecified atom stereocenters. The van der Waals surface area contributed by atoms with E-state index in [1.807, 2.05) is 45.3 Å². The van der Waals surface area contributed by atoms with Crippen molar-refractivity contribution in [3.63, 3.8) is 0 Å². The minimum atomic E-state index is -0.424. The lowest BCUT2D eigenvalue weighted by Crippen LogP contribution is -2.21.